The van der Waals surface area contributed by atoms with Crippen LogP contribution in [-0.2, 0) is 0 Å². The molecule has 0 radical (unpaired) electrons. The van der Waals surface area contributed by atoms with Gasteiger partial charge >= 0.3 is 0 Å². The molecule has 1 fully saturated rings. The molecule has 1 saturated carbocycles. The average Bonchev–Trinajstić information content (AvgIpc) is 1.77. The molecule has 1 aliphatic rings. The first-order valence-corrected chi connectivity index (χ1v) is 3.67. The van der Waals surface area contributed by atoms with Crippen LogP contribution in [0.25, 0.3) is 0 Å². The van der Waals surface area contributed by atoms with E-state index in [1.54, 1.807) is 0 Å². The molecule has 2 nitrogen and oxygen atoms in total. The maximum absolute atomic E-state index is 5.90. The van der Waals surface area contributed by atoms with E-state index in [0.717, 1.165) is 12.8 Å². The summed E-state index contributed by atoms with van der Waals surface area (Å²) >= 11 is 0. The van der Waals surface area contributed by atoms with Crippen molar-refractivity contribution in [2.45, 2.75) is 44.2 Å². The maximum Gasteiger partial charge on any atom is 0.0279 e. The van der Waals surface area contributed by atoms with Crippen LogP contribution in [-0.4, -0.2) is 11.6 Å². The predicted octanol–water partition coefficient (Wildman–Crippen LogP) is 0.605. The Kier molecular flexibility index (Phi) is 1.78. The lowest BCUT2D eigenvalue weighted by atomic mass is 9.80. The van der Waals surface area contributed by atoms with Gasteiger partial charge in [-0.15, -0.1) is 0 Å². The summed E-state index contributed by atoms with van der Waals surface area (Å²) < 4.78 is 0. The topological polar surface area (TPSA) is 52.0 Å². The van der Waals surface area contributed by atoms with Crippen molar-refractivity contribution in [2.24, 2.45) is 11.5 Å². The highest BCUT2D eigenvalue weighted by Gasteiger charge is 2.29. The molecule has 1 aliphatic carbocycles. The van der Waals surface area contributed by atoms with Crippen LogP contribution in [0.4, 0.5) is 0 Å². The molecule has 54 valence electrons. The molecule has 0 unspecified atom stereocenters. The molecule has 2 heteroatoms. The lowest BCUT2D eigenvalue weighted by Gasteiger charge is -2.35. The zero-order valence-electron chi connectivity index (χ0n) is 6.06. The standard InChI is InChI=1S/C7H16N2/c1-7(9)5-3-2-4-6(7)8/h6H,2-5,8-9H2,1H3/t6-,7+/m0/s1. The highest BCUT2D eigenvalue weighted by molar-refractivity contribution is 4.92. The van der Waals surface area contributed by atoms with E-state index >= 15 is 0 Å². The molecule has 9 heavy (non-hydrogen) atoms. The van der Waals surface area contributed by atoms with Gasteiger partial charge in [0.1, 0.15) is 0 Å². The van der Waals surface area contributed by atoms with Gasteiger partial charge in [0.2, 0.25) is 0 Å². The van der Waals surface area contributed by atoms with Gasteiger partial charge in [0.15, 0.2) is 0 Å². The third kappa shape index (κ3) is 1.43. The van der Waals surface area contributed by atoms with Gasteiger partial charge in [-0.1, -0.05) is 12.8 Å². The monoisotopic (exact) mass is 128 g/mol. The van der Waals surface area contributed by atoms with Gasteiger partial charge in [-0.25, -0.2) is 0 Å². The van der Waals surface area contributed by atoms with E-state index in [2.05, 4.69) is 6.92 Å². The van der Waals surface area contributed by atoms with Crippen molar-refractivity contribution in [1.82, 2.24) is 0 Å². The van der Waals surface area contributed by atoms with Crippen LogP contribution in [0.2, 0.25) is 0 Å². The maximum atomic E-state index is 5.90. The molecule has 2 atom stereocenters. The van der Waals surface area contributed by atoms with Crippen LogP contribution >= 0.6 is 0 Å². The summed E-state index contributed by atoms with van der Waals surface area (Å²) in [7, 11) is 0. The minimum Gasteiger partial charge on any atom is -0.326 e. The highest BCUT2D eigenvalue weighted by atomic mass is 14.8. The number of hydrogen-bond donors (Lipinski definition) is 2. The molecule has 0 aliphatic heterocycles. The van der Waals surface area contributed by atoms with Gasteiger partial charge < -0.3 is 11.5 Å². The lowest BCUT2D eigenvalue weighted by Crippen LogP contribution is -2.54. The Bertz CT molecular complexity index is 99.1. The first-order valence-electron chi connectivity index (χ1n) is 3.67. The number of rotatable bonds is 0. The zero-order chi connectivity index (χ0) is 6.91. The minimum absolute atomic E-state index is 0.0851. The van der Waals surface area contributed by atoms with Gasteiger partial charge in [-0.2, -0.15) is 0 Å². The van der Waals surface area contributed by atoms with Crippen molar-refractivity contribution in [3.05, 3.63) is 0 Å². The van der Waals surface area contributed by atoms with Crippen molar-refractivity contribution < 1.29 is 0 Å². The third-order valence-electron chi connectivity index (χ3n) is 2.33. The highest BCUT2D eigenvalue weighted by Crippen LogP contribution is 2.23. The van der Waals surface area contributed by atoms with Gasteiger partial charge in [0, 0.05) is 11.6 Å². The Morgan fingerprint density at radius 1 is 1.44 bits per heavy atom. The second-order valence-electron chi connectivity index (χ2n) is 3.36. The summed E-state index contributed by atoms with van der Waals surface area (Å²) in [5.74, 6) is 0. The molecule has 0 amide bonds. The first-order chi connectivity index (χ1) is 4.13. The minimum atomic E-state index is -0.0851. The van der Waals surface area contributed by atoms with E-state index < -0.39 is 0 Å². The molecule has 1 rings (SSSR count). The van der Waals surface area contributed by atoms with Crippen LogP contribution < -0.4 is 11.5 Å². The fourth-order valence-electron chi connectivity index (χ4n) is 1.39. The number of nitrogens with two attached hydrogens (primary N) is 2. The summed E-state index contributed by atoms with van der Waals surface area (Å²) in [6.45, 7) is 2.05. The first kappa shape index (κ1) is 7.03. The zero-order valence-corrected chi connectivity index (χ0v) is 6.06. The quantitative estimate of drug-likeness (QED) is 0.502. The van der Waals surface area contributed by atoms with Crippen LogP contribution in [0.5, 0.6) is 0 Å². The Hall–Kier alpha value is -0.0800. The summed E-state index contributed by atoms with van der Waals surface area (Å²) in [5, 5.41) is 0. The Balaban J connectivity index is 2.49. The average molecular weight is 128 g/mol. The summed E-state index contributed by atoms with van der Waals surface area (Å²) in [4.78, 5) is 0. The van der Waals surface area contributed by atoms with E-state index in [1.165, 1.54) is 12.8 Å². The molecular weight excluding hydrogens is 112 g/mol. The van der Waals surface area contributed by atoms with E-state index in [1.807, 2.05) is 0 Å². The molecule has 0 spiro atoms. The Morgan fingerprint density at radius 3 is 2.44 bits per heavy atom. The van der Waals surface area contributed by atoms with E-state index in [9.17, 15) is 0 Å². The molecule has 0 saturated heterocycles. The molecule has 0 aromatic carbocycles. The largest absolute Gasteiger partial charge is 0.326 e. The third-order valence-corrected chi connectivity index (χ3v) is 2.33. The normalized spacial score (nSPS) is 45.0. The summed E-state index contributed by atoms with van der Waals surface area (Å²) in [5.41, 5.74) is 11.6. The van der Waals surface area contributed by atoms with Crippen molar-refractivity contribution in [1.29, 1.82) is 0 Å². The van der Waals surface area contributed by atoms with Crippen LogP contribution in [0.15, 0.2) is 0 Å². The molecule has 0 aromatic heterocycles. The van der Waals surface area contributed by atoms with Gasteiger partial charge in [-0.3, -0.25) is 0 Å². The van der Waals surface area contributed by atoms with Gasteiger partial charge in [-0.05, 0) is 19.8 Å². The van der Waals surface area contributed by atoms with Crippen molar-refractivity contribution in [3.63, 3.8) is 0 Å². The van der Waals surface area contributed by atoms with Crippen molar-refractivity contribution >= 4 is 0 Å². The SMILES string of the molecule is C[C@@]1(N)CCCC[C@@H]1N. The Labute approximate surface area is 56.6 Å². The van der Waals surface area contributed by atoms with E-state index in [-0.39, 0.29) is 11.6 Å². The molecule has 4 N–H and O–H groups in total. The van der Waals surface area contributed by atoms with Crippen LogP contribution in [0, 0.1) is 0 Å². The molecule has 0 heterocycles. The smallest absolute Gasteiger partial charge is 0.0279 e. The van der Waals surface area contributed by atoms with Gasteiger partial charge in [0.25, 0.3) is 0 Å². The Morgan fingerprint density at radius 2 is 2.11 bits per heavy atom. The van der Waals surface area contributed by atoms with E-state index in [4.69, 9.17) is 11.5 Å². The fourth-order valence-corrected chi connectivity index (χ4v) is 1.39. The summed E-state index contributed by atoms with van der Waals surface area (Å²) in [6.07, 6.45) is 4.70. The molecular formula is C7H16N2. The number of hydrogen-bond acceptors (Lipinski definition) is 2. The molecule has 0 bridgehead atoms. The molecule has 0 aromatic rings. The van der Waals surface area contributed by atoms with E-state index in [0.29, 0.717) is 0 Å². The van der Waals surface area contributed by atoms with Crippen LogP contribution in [0.1, 0.15) is 32.6 Å². The fraction of sp³-hybridized carbons (Fsp3) is 1.00. The van der Waals surface area contributed by atoms with Gasteiger partial charge in [0.05, 0.1) is 0 Å². The second-order valence-corrected chi connectivity index (χ2v) is 3.36. The van der Waals surface area contributed by atoms with Crippen molar-refractivity contribution in [2.75, 3.05) is 0 Å². The lowest BCUT2D eigenvalue weighted by molar-refractivity contribution is 0.276. The second kappa shape index (κ2) is 2.27. The predicted molar refractivity (Wildman–Crippen MR) is 39.0 cm³/mol. The van der Waals surface area contributed by atoms with Crippen LogP contribution in [0.3, 0.4) is 0 Å². The summed E-state index contributed by atoms with van der Waals surface area (Å²) in [6, 6.07) is 0.228. The van der Waals surface area contributed by atoms with Crippen molar-refractivity contribution in [3.8, 4) is 0 Å².